The van der Waals surface area contributed by atoms with Crippen LogP contribution in [-0.2, 0) is 4.74 Å². The van der Waals surface area contributed by atoms with Gasteiger partial charge >= 0.3 is 0 Å². The van der Waals surface area contributed by atoms with Crippen LogP contribution < -0.4 is 0 Å². The molecule has 0 saturated carbocycles. The summed E-state index contributed by atoms with van der Waals surface area (Å²) in [6.07, 6.45) is 7.18. The minimum absolute atomic E-state index is 0.336. The summed E-state index contributed by atoms with van der Waals surface area (Å²) in [6.45, 7) is 4.84. The monoisotopic (exact) mass is 126 g/mol. The molecule has 0 aromatic rings. The van der Waals surface area contributed by atoms with E-state index in [2.05, 4.69) is 5.92 Å². The third-order valence-electron chi connectivity index (χ3n) is 0.917. The van der Waals surface area contributed by atoms with Crippen molar-refractivity contribution in [3.63, 3.8) is 0 Å². The van der Waals surface area contributed by atoms with Crippen LogP contribution >= 0.6 is 0 Å². The Morgan fingerprint density at radius 1 is 1.56 bits per heavy atom. The summed E-state index contributed by atoms with van der Waals surface area (Å²) in [6, 6.07) is 0. The van der Waals surface area contributed by atoms with E-state index in [1.807, 2.05) is 13.8 Å². The molecule has 52 valence electrons. The molecule has 0 atom stereocenters. The maximum absolute atomic E-state index is 5.25. The smallest absolute Gasteiger partial charge is 0.0518 e. The van der Waals surface area contributed by atoms with Gasteiger partial charge in [-0.05, 0) is 20.3 Å². The third kappa shape index (κ3) is 7.52. The summed E-state index contributed by atoms with van der Waals surface area (Å²) in [7, 11) is 0. The number of rotatable bonds is 4. The largest absolute Gasteiger partial charge is 0.379 e. The fraction of sp³-hybridized carbons (Fsp3) is 0.750. The zero-order valence-corrected chi connectivity index (χ0v) is 6.18. The summed E-state index contributed by atoms with van der Waals surface area (Å²) in [4.78, 5) is 0. The van der Waals surface area contributed by atoms with E-state index in [0.29, 0.717) is 6.10 Å². The standard InChI is InChI=1S/C8H14O/c1-4-5-6-7-9-8(2)3/h1,8H,5-7H2,2-3H3. The summed E-state index contributed by atoms with van der Waals surface area (Å²) in [5, 5.41) is 0. The van der Waals surface area contributed by atoms with Crippen LogP contribution in [0.2, 0.25) is 0 Å². The molecule has 0 amide bonds. The third-order valence-corrected chi connectivity index (χ3v) is 0.917. The Balaban J connectivity index is 2.85. The average Bonchev–Trinajstić information content (AvgIpc) is 1.80. The fourth-order valence-corrected chi connectivity index (χ4v) is 0.493. The van der Waals surface area contributed by atoms with Crippen molar-refractivity contribution in [3.05, 3.63) is 0 Å². The predicted molar refractivity (Wildman–Crippen MR) is 39.2 cm³/mol. The molecular formula is C8H14O. The van der Waals surface area contributed by atoms with Crippen LogP contribution in [0, 0.1) is 12.3 Å². The highest BCUT2D eigenvalue weighted by Crippen LogP contribution is 1.92. The molecule has 0 spiro atoms. The van der Waals surface area contributed by atoms with Gasteiger partial charge in [0.05, 0.1) is 6.10 Å². The van der Waals surface area contributed by atoms with Gasteiger partial charge in [0.15, 0.2) is 0 Å². The van der Waals surface area contributed by atoms with E-state index in [9.17, 15) is 0 Å². The number of terminal acetylenes is 1. The molecule has 0 bridgehead atoms. The van der Waals surface area contributed by atoms with Crippen molar-refractivity contribution in [2.24, 2.45) is 0 Å². The minimum Gasteiger partial charge on any atom is -0.379 e. The van der Waals surface area contributed by atoms with Gasteiger partial charge in [0.2, 0.25) is 0 Å². The average molecular weight is 126 g/mol. The first-order valence-electron chi connectivity index (χ1n) is 3.32. The topological polar surface area (TPSA) is 9.23 Å². The molecule has 9 heavy (non-hydrogen) atoms. The Morgan fingerprint density at radius 3 is 2.67 bits per heavy atom. The van der Waals surface area contributed by atoms with Gasteiger partial charge in [-0.25, -0.2) is 0 Å². The minimum atomic E-state index is 0.336. The van der Waals surface area contributed by atoms with E-state index < -0.39 is 0 Å². The van der Waals surface area contributed by atoms with Gasteiger partial charge < -0.3 is 4.74 Å². The van der Waals surface area contributed by atoms with Gasteiger partial charge in [0, 0.05) is 13.0 Å². The predicted octanol–water partition coefficient (Wildman–Crippen LogP) is 1.82. The lowest BCUT2D eigenvalue weighted by Gasteiger charge is -2.04. The highest BCUT2D eigenvalue weighted by Gasteiger charge is 1.89. The van der Waals surface area contributed by atoms with E-state index in [-0.39, 0.29) is 0 Å². The Bertz CT molecular complexity index is 89.2. The van der Waals surface area contributed by atoms with Gasteiger partial charge in [-0.2, -0.15) is 0 Å². The first kappa shape index (κ1) is 8.52. The molecule has 0 aromatic carbocycles. The zero-order chi connectivity index (χ0) is 7.11. The molecule has 0 rings (SSSR count). The number of ether oxygens (including phenoxy) is 1. The normalized spacial score (nSPS) is 9.56. The van der Waals surface area contributed by atoms with Gasteiger partial charge in [-0.1, -0.05) is 0 Å². The molecule has 0 aliphatic heterocycles. The molecule has 1 nitrogen and oxygen atoms in total. The van der Waals surface area contributed by atoms with Crippen molar-refractivity contribution in [1.29, 1.82) is 0 Å². The quantitative estimate of drug-likeness (QED) is 0.412. The Labute approximate surface area is 57.4 Å². The fourth-order valence-electron chi connectivity index (χ4n) is 0.493. The summed E-state index contributed by atoms with van der Waals surface area (Å²) >= 11 is 0. The van der Waals surface area contributed by atoms with Crippen LogP contribution in [0.5, 0.6) is 0 Å². The van der Waals surface area contributed by atoms with E-state index in [4.69, 9.17) is 11.2 Å². The van der Waals surface area contributed by atoms with Crippen LogP contribution in [0.15, 0.2) is 0 Å². The Hall–Kier alpha value is -0.480. The SMILES string of the molecule is C#CCCCOC(C)C. The lowest BCUT2D eigenvalue weighted by Crippen LogP contribution is -2.03. The lowest BCUT2D eigenvalue weighted by atomic mass is 10.3. The molecule has 0 radical (unpaired) electrons. The van der Waals surface area contributed by atoms with E-state index >= 15 is 0 Å². The van der Waals surface area contributed by atoms with Crippen molar-refractivity contribution >= 4 is 0 Å². The van der Waals surface area contributed by atoms with Crippen LogP contribution in [0.25, 0.3) is 0 Å². The first-order valence-corrected chi connectivity index (χ1v) is 3.32. The van der Waals surface area contributed by atoms with Crippen molar-refractivity contribution in [2.75, 3.05) is 6.61 Å². The second-order valence-electron chi connectivity index (χ2n) is 2.23. The molecule has 0 saturated heterocycles. The van der Waals surface area contributed by atoms with E-state index in [0.717, 1.165) is 19.4 Å². The first-order chi connectivity index (χ1) is 4.27. The molecule has 0 aromatic heterocycles. The van der Waals surface area contributed by atoms with Crippen molar-refractivity contribution in [1.82, 2.24) is 0 Å². The molecule has 0 N–H and O–H groups in total. The second kappa shape index (κ2) is 5.65. The number of hydrogen-bond acceptors (Lipinski definition) is 1. The highest BCUT2D eigenvalue weighted by molar-refractivity contribution is 4.82. The molecule has 0 aliphatic carbocycles. The summed E-state index contributed by atoms with van der Waals surface area (Å²) < 4.78 is 5.25. The Morgan fingerprint density at radius 2 is 2.22 bits per heavy atom. The molecule has 1 heteroatoms. The van der Waals surface area contributed by atoms with Gasteiger partial charge in [-0.3, -0.25) is 0 Å². The van der Waals surface area contributed by atoms with Crippen LogP contribution in [-0.4, -0.2) is 12.7 Å². The van der Waals surface area contributed by atoms with Gasteiger partial charge in [0.25, 0.3) is 0 Å². The van der Waals surface area contributed by atoms with Crippen molar-refractivity contribution in [3.8, 4) is 12.3 Å². The maximum atomic E-state index is 5.25. The van der Waals surface area contributed by atoms with E-state index in [1.165, 1.54) is 0 Å². The molecule has 0 aliphatic rings. The molecule has 0 heterocycles. The van der Waals surface area contributed by atoms with Crippen LogP contribution in [0.1, 0.15) is 26.7 Å². The molecular weight excluding hydrogens is 112 g/mol. The maximum Gasteiger partial charge on any atom is 0.0518 e. The van der Waals surface area contributed by atoms with Crippen LogP contribution in [0.4, 0.5) is 0 Å². The van der Waals surface area contributed by atoms with Gasteiger partial charge in [0.1, 0.15) is 0 Å². The zero-order valence-electron chi connectivity index (χ0n) is 6.18. The lowest BCUT2D eigenvalue weighted by molar-refractivity contribution is 0.0778. The van der Waals surface area contributed by atoms with Crippen molar-refractivity contribution < 1.29 is 4.74 Å². The van der Waals surface area contributed by atoms with Crippen molar-refractivity contribution in [2.45, 2.75) is 32.8 Å². The molecule has 0 unspecified atom stereocenters. The molecule has 0 fully saturated rings. The van der Waals surface area contributed by atoms with E-state index in [1.54, 1.807) is 0 Å². The Kier molecular flexibility index (Phi) is 5.35. The number of hydrogen-bond donors (Lipinski definition) is 0. The number of unbranched alkanes of at least 4 members (excludes halogenated alkanes) is 1. The van der Waals surface area contributed by atoms with Crippen LogP contribution in [0.3, 0.4) is 0 Å². The highest BCUT2D eigenvalue weighted by atomic mass is 16.5. The van der Waals surface area contributed by atoms with Gasteiger partial charge in [-0.15, -0.1) is 12.3 Å². The summed E-state index contributed by atoms with van der Waals surface area (Å²) in [5.41, 5.74) is 0. The summed E-state index contributed by atoms with van der Waals surface area (Å²) in [5.74, 6) is 2.56. The second-order valence-corrected chi connectivity index (χ2v) is 2.23.